The molecule has 10 nitrogen and oxygen atoms in total. The topological polar surface area (TPSA) is 121 Å². The Balaban J connectivity index is 1.68. The van der Waals surface area contributed by atoms with Crippen molar-refractivity contribution < 1.29 is 19.2 Å². The highest BCUT2D eigenvalue weighted by atomic mass is 35.5. The van der Waals surface area contributed by atoms with E-state index in [4.69, 9.17) is 21.1 Å². The van der Waals surface area contributed by atoms with E-state index in [9.17, 15) is 14.9 Å². The Labute approximate surface area is 205 Å². The average Bonchev–Trinajstić information content (AvgIpc) is 3.22. The van der Waals surface area contributed by atoms with Gasteiger partial charge in [-0.15, -0.1) is 16.8 Å². The monoisotopic (exact) mass is 503 g/mol. The van der Waals surface area contributed by atoms with Gasteiger partial charge in [-0.1, -0.05) is 29.4 Å². The summed E-state index contributed by atoms with van der Waals surface area (Å²) in [4.78, 5) is 22.9. The molecule has 0 bridgehead atoms. The van der Waals surface area contributed by atoms with E-state index in [0.29, 0.717) is 23.3 Å². The van der Waals surface area contributed by atoms with Crippen LogP contribution in [0.15, 0.2) is 60.3 Å². The highest BCUT2D eigenvalue weighted by Crippen LogP contribution is 2.28. The third-order valence-electron chi connectivity index (χ3n) is 4.56. The van der Waals surface area contributed by atoms with Gasteiger partial charge in [-0.3, -0.25) is 19.5 Å². The zero-order valence-corrected chi connectivity index (χ0v) is 20.0. The predicted octanol–water partition coefficient (Wildman–Crippen LogP) is 4.91. The van der Waals surface area contributed by atoms with Gasteiger partial charge >= 0.3 is 0 Å². The number of halogens is 1. The van der Waals surface area contributed by atoms with Crippen LogP contribution in [0.1, 0.15) is 18.9 Å². The van der Waals surface area contributed by atoms with E-state index in [-0.39, 0.29) is 22.2 Å². The molecule has 2 aromatic carbocycles. The van der Waals surface area contributed by atoms with Crippen LogP contribution in [-0.2, 0) is 11.3 Å². The van der Waals surface area contributed by atoms with Crippen molar-refractivity contribution in [1.82, 2.24) is 14.8 Å². The lowest BCUT2D eigenvalue weighted by Gasteiger charge is -2.16. The van der Waals surface area contributed by atoms with Crippen LogP contribution in [0, 0.1) is 10.1 Å². The van der Waals surface area contributed by atoms with Crippen molar-refractivity contribution in [2.75, 3.05) is 18.2 Å². The molecular formula is C22H22ClN5O5S. The molecule has 1 N–H and O–H groups in total. The second kappa shape index (κ2) is 11.5. The van der Waals surface area contributed by atoms with E-state index < -0.39 is 16.9 Å². The molecule has 1 aromatic heterocycles. The Morgan fingerprint density at radius 2 is 2.00 bits per heavy atom. The molecule has 0 aliphatic rings. The van der Waals surface area contributed by atoms with E-state index in [1.165, 1.54) is 18.2 Å². The van der Waals surface area contributed by atoms with Gasteiger partial charge in [0.05, 0.1) is 28.5 Å². The summed E-state index contributed by atoms with van der Waals surface area (Å²) in [5.41, 5.74) is -0.00945. The van der Waals surface area contributed by atoms with Gasteiger partial charge in [0.15, 0.2) is 17.1 Å². The maximum absolute atomic E-state index is 12.4. The summed E-state index contributed by atoms with van der Waals surface area (Å²) in [5.74, 6) is 1.52. The van der Waals surface area contributed by atoms with Gasteiger partial charge < -0.3 is 14.8 Å². The summed E-state index contributed by atoms with van der Waals surface area (Å²) in [5, 5.41) is 22.7. The first-order valence-electron chi connectivity index (χ1n) is 10.0. The quantitative estimate of drug-likeness (QED) is 0.169. The number of carbonyl (C=O) groups excluding carboxylic acids is 1. The number of hydrogen-bond acceptors (Lipinski definition) is 8. The fourth-order valence-electron chi connectivity index (χ4n) is 2.96. The summed E-state index contributed by atoms with van der Waals surface area (Å²) in [6.45, 7) is 6.04. The van der Waals surface area contributed by atoms with Gasteiger partial charge in [0.1, 0.15) is 11.5 Å². The van der Waals surface area contributed by atoms with Crippen molar-refractivity contribution in [1.29, 1.82) is 0 Å². The summed E-state index contributed by atoms with van der Waals surface area (Å²) in [7, 11) is 1.59. The summed E-state index contributed by atoms with van der Waals surface area (Å²) >= 11 is 7.21. The van der Waals surface area contributed by atoms with Crippen molar-refractivity contribution >= 4 is 40.6 Å². The Morgan fingerprint density at radius 3 is 2.65 bits per heavy atom. The standard InChI is InChI=1S/C22H22ClN5O5S/c1-4-11-27-21(14(2)33-17-8-6-16(32-3)7-9-17)25-26-22(27)34-13-20(29)24-19-12-15(28(30)31)5-10-18(19)23/h4-10,12,14H,1,11,13H2,2-3H3,(H,24,29). The number of ether oxygens (including phenoxy) is 2. The van der Waals surface area contributed by atoms with Crippen LogP contribution < -0.4 is 14.8 Å². The summed E-state index contributed by atoms with van der Waals surface area (Å²) < 4.78 is 12.9. The molecule has 1 amide bonds. The van der Waals surface area contributed by atoms with Gasteiger partial charge in [0.2, 0.25) is 5.91 Å². The molecule has 1 heterocycles. The largest absolute Gasteiger partial charge is 0.497 e. The lowest BCUT2D eigenvalue weighted by atomic mass is 10.3. The maximum Gasteiger partial charge on any atom is 0.271 e. The van der Waals surface area contributed by atoms with Crippen LogP contribution in [-0.4, -0.2) is 38.5 Å². The molecule has 0 fully saturated rings. The van der Waals surface area contributed by atoms with Crippen molar-refractivity contribution in [2.24, 2.45) is 0 Å². The number of nitro groups is 1. The molecule has 12 heteroatoms. The minimum absolute atomic E-state index is 0.0119. The number of aromatic nitrogens is 3. The Hall–Kier alpha value is -3.57. The van der Waals surface area contributed by atoms with Crippen molar-refractivity contribution in [2.45, 2.75) is 24.7 Å². The zero-order chi connectivity index (χ0) is 24.7. The number of methoxy groups -OCH3 is 1. The molecule has 0 spiro atoms. The van der Waals surface area contributed by atoms with E-state index in [1.54, 1.807) is 42.0 Å². The maximum atomic E-state index is 12.4. The van der Waals surface area contributed by atoms with Gasteiger partial charge in [-0.05, 0) is 37.3 Å². The van der Waals surface area contributed by atoms with Gasteiger partial charge in [-0.25, -0.2) is 0 Å². The number of allylic oxidation sites excluding steroid dienone is 1. The van der Waals surface area contributed by atoms with Crippen molar-refractivity contribution in [3.8, 4) is 11.5 Å². The minimum atomic E-state index is -0.560. The van der Waals surface area contributed by atoms with E-state index >= 15 is 0 Å². The van der Waals surface area contributed by atoms with Crippen LogP contribution in [0.2, 0.25) is 5.02 Å². The highest BCUT2D eigenvalue weighted by Gasteiger charge is 2.20. The molecular weight excluding hydrogens is 482 g/mol. The molecule has 0 saturated heterocycles. The van der Waals surface area contributed by atoms with Crippen molar-refractivity contribution in [3.63, 3.8) is 0 Å². The number of nitrogens with one attached hydrogen (secondary N) is 1. The molecule has 3 rings (SSSR count). The van der Waals surface area contributed by atoms with E-state index in [1.807, 2.05) is 6.92 Å². The molecule has 1 unspecified atom stereocenters. The van der Waals surface area contributed by atoms with Crippen LogP contribution >= 0.6 is 23.4 Å². The first-order chi connectivity index (χ1) is 16.3. The second-order valence-electron chi connectivity index (χ2n) is 6.93. The second-order valence-corrected chi connectivity index (χ2v) is 8.28. The molecule has 0 aliphatic carbocycles. The van der Waals surface area contributed by atoms with Crippen LogP contribution in [0.3, 0.4) is 0 Å². The lowest BCUT2D eigenvalue weighted by Crippen LogP contribution is -2.16. The first-order valence-corrected chi connectivity index (χ1v) is 11.4. The van der Waals surface area contributed by atoms with E-state index in [0.717, 1.165) is 17.5 Å². The fourth-order valence-corrected chi connectivity index (χ4v) is 3.88. The number of nitro benzene ring substituents is 1. The highest BCUT2D eigenvalue weighted by molar-refractivity contribution is 7.99. The summed E-state index contributed by atoms with van der Waals surface area (Å²) in [6, 6.07) is 11.0. The van der Waals surface area contributed by atoms with Crippen LogP contribution in [0.25, 0.3) is 0 Å². The lowest BCUT2D eigenvalue weighted by molar-refractivity contribution is -0.384. The molecule has 0 saturated carbocycles. The van der Waals surface area contributed by atoms with Crippen molar-refractivity contribution in [3.05, 3.63) is 76.1 Å². The third-order valence-corrected chi connectivity index (χ3v) is 5.86. The van der Waals surface area contributed by atoms with Gasteiger partial charge in [0.25, 0.3) is 5.69 Å². The van der Waals surface area contributed by atoms with E-state index in [2.05, 4.69) is 22.1 Å². The number of amides is 1. The molecule has 0 radical (unpaired) electrons. The van der Waals surface area contributed by atoms with Crippen LogP contribution in [0.4, 0.5) is 11.4 Å². The average molecular weight is 504 g/mol. The van der Waals surface area contributed by atoms with Gasteiger partial charge in [-0.2, -0.15) is 0 Å². The number of carbonyl (C=O) groups is 1. The number of hydrogen-bond donors (Lipinski definition) is 1. The third kappa shape index (κ3) is 6.27. The molecule has 3 aromatic rings. The zero-order valence-electron chi connectivity index (χ0n) is 18.4. The number of anilines is 1. The normalized spacial score (nSPS) is 11.5. The van der Waals surface area contributed by atoms with Crippen LogP contribution in [0.5, 0.6) is 11.5 Å². The number of thioether (sulfide) groups is 1. The Bertz CT molecular complexity index is 1180. The molecule has 1 atom stereocenters. The predicted molar refractivity (Wildman–Crippen MR) is 130 cm³/mol. The molecule has 34 heavy (non-hydrogen) atoms. The van der Waals surface area contributed by atoms with Gasteiger partial charge in [0, 0.05) is 18.7 Å². The number of non-ortho nitro benzene ring substituents is 1. The number of nitrogens with zero attached hydrogens (tertiary/aromatic N) is 4. The fraction of sp³-hybridized carbons (Fsp3) is 0.227. The molecule has 178 valence electrons. The first kappa shape index (κ1) is 25.1. The number of rotatable bonds is 11. The smallest absolute Gasteiger partial charge is 0.271 e. The Kier molecular flexibility index (Phi) is 8.50. The molecule has 0 aliphatic heterocycles. The Morgan fingerprint density at radius 1 is 1.29 bits per heavy atom. The number of benzene rings is 2. The SMILES string of the molecule is C=CCn1c(SCC(=O)Nc2cc([N+](=O)[O-])ccc2Cl)nnc1C(C)Oc1ccc(OC)cc1. The minimum Gasteiger partial charge on any atom is -0.497 e. The summed E-state index contributed by atoms with van der Waals surface area (Å²) in [6.07, 6.45) is 1.27.